The van der Waals surface area contributed by atoms with Crippen LogP contribution in [0.1, 0.15) is 5.56 Å². The van der Waals surface area contributed by atoms with Crippen LogP contribution in [0.2, 0.25) is 5.15 Å². The number of aromatic nitrogens is 1. The van der Waals surface area contributed by atoms with Crippen molar-refractivity contribution in [2.45, 2.75) is 12.5 Å². The molecule has 1 aromatic carbocycles. The van der Waals surface area contributed by atoms with Crippen molar-refractivity contribution in [3.8, 4) is 5.75 Å². The molecule has 0 saturated carbocycles. The van der Waals surface area contributed by atoms with E-state index < -0.39 is 0 Å². The molecule has 0 aliphatic rings. The molecule has 1 heterocycles. The highest BCUT2D eigenvalue weighted by molar-refractivity contribution is 9.10. The third kappa shape index (κ3) is 4.49. The quantitative estimate of drug-likeness (QED) is 0.847. The summed E-state index contributed by atoms with van der Waals surface area (Å²) >= 11 is 9.11. The number of nitrogens with two attached hydrogens (primary N) is 1. The van der Waals surface area contributed by atoms with Gasteiger partial charge >= 0.3 is 0 Å². The van der Waals surface area contributed by atoms with Gasteiger partial charge in [-0.25, -0.2) is 4.98 Å². The molecule has 2 aromatic rings. The maximum atomic E-state index is 6.04. The van der Waals surface area contributed by atoms with Gasteiger partial charge in [0.25, 0.3) is 0 Å². The lowest BCUT2D eigenvalue weighted by Gasteiger charge is -2.13. The topological polar surface area (TPSA) is 48.1 Å². The maximum Gasteiger partial charge on any atom is 0.143 e. The van der Waals surface area contributed by atoms with E-state index in [0.717, 1.165) is 6.42 Å². The van der Waals surface area contributed by atoms with Crippen molar-refractivity contribution in [2.24, 2.45) is 5.73 Å². The third-order valence-electron chi connectivity index (χ3n) is 2.58. The van der Waals surface area contributed by atoms with Gasteiger partial charge in [0.15, 0.2) is 0 Å². The van der Waals surface area contributed by atoms with Crippen LogP contribution >= 0.6 is 27.5 Å². The first-order chi connectivity index (χ1) is 9.15. The van der Waals surface area contributed by atoms with E-state index >= 15 is 0 Å². The smallest absolute Gasteiger partial charge is 0.143 e. The molecule has 0 saturated heterocycles. The van der Waals surface area contributed by atoms with E-state index in [-0.39, 0.29) is 6.04 Å². The molecule has 1 atom stereocenters. The Labute approximate surface area is 125 Å². The number of rotatable bonds is 5. The summed E-state index contributed by atoms with van der Waals surface area (Å²) in [4.78, 5) is 3.99. The molecule has 3 nitrogen and oxygen atoms in total. The van der Waals surface area contributed by atoms with E-state index in [9.17, 15) is 0 Å². The van der Waals surface area contributed by atoms with Gasteiger partial charge in [-0.1, -0.05) is 41.9 Å². The van der Waals surface area contributed by atoms with Crippen molar-refractivity contribution in [1.29, 1.82) is 0 Å². The monoisotopic (exact) mass is 340 g/mol. The van der Waals surface area contributed by atoms with Crippen molar-refractivity contribution in [1.82, 2.24) is 4.98 Å². The molecule has 0 amide bonds. The van der Waals surface area contributed by atoms with E-state index in [1.165, 1.54) is 5.56 Å². The minimum absolute atomic E-state index is 0.0585. The Morgan fingerprint density at radius 1 is 1.32 bits per heavy atom. The molecule has 0 aliphatic heterocycles. The van der Waals surface area contributed by atoms with E-state index in [1.54, 1.807) is 12.3 Å². The van der Waals surface area contributed by atoms with Crippen LogP contribution in [-0.2, 0) is 6.42 Å². The van der Waals surface area contributed by atoms with Gasteiger partial charge in [0.1, 0.15) is 17.5 Å². The van der Waals surface area contributed by atoms with Gasteiger partial charge in [-0.3, -0.25) is 0 Å². The van der Waals surface area contributed by atoms with E-state index in [1.807, 2.05) is 18.2 Å². The van der Waals surface area contributed by atoms with Crippen LogP contribution in [0, 0.1) is 0 Å². The Morgan fingerprint density at radius 2 is 2.05 bits per heavy atom. The lowest BCUT2D eigenvalue weighted by molar-refractivity contribution is 0.286. The SMILES string of the molecule is N[C@@H](COc1cnc(Cl)c(Br)c1)Cc1ccccc1. The fraction of sp³-hybridized carbons (Fsp3) is 0.214. The average molecular weight is 342 g/mol. The largest absolute Gasteiger partial charge is 0.490 e. The summed E-state index contributed by atoms with van der Waals surface area (Å²) in [5, 5.41) is 0.418. The van der Waals surface area contributed by atoms with Crippen LogP contribution in [0.4, 0.5) is 0 Å². The van der Waals surface area contributed by atoms with Crippen LogP contribution in [0.3, 0.4) is 0 Å². The van der Waals surface area contributed by atoms with E-state index in [2.05, 4.69) is 33.0 Å². The zero-order valence-corrected chi connectivity index (χ0v) is 12.6. The highest BCUT2D eigenvalue weighted by Crippen LogP contribution is 2.24. The minimum Gasteiger partial charge on any atom is -0.490 e. The van der Waals surface area contributed by atoms with Gasteiger partial charge in [0.2, 0.25) is 0 Å². The van der Waals surface area contributed by atoms with Gasteiger partial charge < -0.3 is 10.5 Å². The summed E-state index contributed by atoms with van der Waals surface area (Å²) in [7, 11) is 0. The van der Waals surface area contributed by atoms with Gasteiger partial charge in [0, 0.05) is 6.04 Å². The van der Waals surface area contributed by atoms with Crippen molar-refractivity contribution in [3.63, 3.8) is 0 Å². The number of benzene rings is 1. The molecule has 0 fully saturated rings. The molecule has 2 N–H and O–H groups in total. The Balaban J connectivity index is 1.86. The maximum absolute atomic E-state index is 6.04. The molecule has 5 heteroatoms. The van der Waals surface area contributed by atoms with E-state index in [0.29, 0.717) is 22.0 Å². The molecule has 0 aliphatic carbocycles. The Hall–Kier alpha value is -1.10. The van der Waals surface area contributed by atoms with E-state index in [4.69, 9.17) is 22.1 Å². The van der Waals surface area contributed by atoms with Gasteiger partial charge in [-0.05, 0) is 34.0 Å². The lowest BCUT2D eigenvalue weighted by Crippen LogP contribution is -2.30. The summed E-state index contributed by atoms with van der Waals surface area (Å²) in [5.41, 5.74) is 7.24. The first kappa shape index (κ1) is 14.3. The van der Waals surface area contributed by atoms with Crippen LogP contribution in [0.15, 0.2) is 47.1 Å². The Morgan fingerprint density at radius 3 is 2.74 bits per heavy atom. The zero-order valence-electron chi connectivity index (χ0n) is 10.2. The summed E-state index contributed by atoms with van der Waals surface area (Å²) in [6, 6.07) is 11.8. The number of hydrogen-bond acceptors (Lipinski definition) is 3. The van der Waals surface area contributed by atoms with Crippen LogP contribution < -0.4 is 10.5 Å². The predicted molar refractivity (Wildman–Crippen MR) is 80.6 cm³/mol. The zero-order chi connectivity index (χ0) is 13.7. The Bertz CT molecular complexity index is 536. The second-order valence-corrected chi connectivity index (χ2v) is 5.42. The number of pyridine rings is 1. The summed E-state index contributed by atoms with van der Waals surface area (Å²) in [5.74, 6) is 0.653. The number of ether oxygens (including phenoxy) is 1. The molecule has 1 aromatic heterocycles. The predicted octanol–water partition coefficient (Wildman–Crippen LogP) is 3.45. The lowest BCUT2D eigenvalue weighted by atomic mass is 10.1. The van der Waals surface area contributed by atoms with Gasteiger partial charge in [-0.15, -0.1) is 0 Å². The highest BCUT2D eigenvalue weighted by Gasteiger charge is 2.06. The molecule has 0 unspecified atom stereocenters. The van der Waals surface area contributed by atoms with Crippen LogP contribution in [0.25, 0.3) is 0 Å². The molecule has 2 rings (SSSR count). The van der Waals surface area contributed by atoms with Crippen molar-refractivity contribution in [3.05, 3.63) is 57.8 Å². The van der Waals surface area contributed by atoms with Crippen LogP contribution in [0.5, 0.6) is 5.75 Å². The average Bonchev–Trinajstić information content (AvgIpc) is 2.41. The van der Waals surface area contributed by atoms with Crippen molar-refractivity contribution >= 4 is 27.5 Å². The molecule has 19 heavy (non-hydrogen) atoms. The van der Waals surface area contributed by atoms with Crippen molar-refractivity contribution < 1.29 is 4.74 Å². The van der Waals surface area contributed by atoms with Crippen molar-refractivity contribution in [2.75, 3.05) is 6.61 Å². The Kier molecular flexibility index (Phi) is 5.19. The second kappa shape index (κ2) is 6.89. The number of nitrogens with zero attached hydrogens (tertiary/aromatic N) is 1. The highest BCUT2D eigenvalue weighted by atomic mass is 79.9. The minimum atomic E-state index is -0.0585. The molecule has 0 spiro atoms. The normalized spacial score (nSPS) is 12.2. The van der Waals surface area contributed by atoms with Gasteiger partial charge in [0.05, 0.1) is 10.7 Å². The summed E-state index contributed by atoms with van der Waals surface area (Å²) in [6.45, 7) is 0.435. The molecule has 100 valence electrons. The van der Waals surface area contributed by atoms with Gasteiger partial charge in [-0.2, -0.15) is 0 Å². The third-order valence-corrected chi connectivity index (χ3v) is 3.71. The molecular weight excluding hydrogens is 328 g/mol. The first-order valence-electron chi connectivity index (χ1n) is 5.88. The standard InChI is InChI=1S/C14H14BrClN2O/c15-13-7-12(8-18-14(13)16)19-9-11(17)6-10-4-2-1-3-5-10/h1-5,7-8,11H,6,9,17H2/t11-/m1/s1. The fourth-order valence-corrected chi connectivity index (χ4v) is 2.09. The number of hydrogen-bond donors (Lipinski definition) is 1. The molecule has 0 radical (unpaired) electrons. The second-order valence-electron chi connectivity index (χ2n) is 4.20. The molecule has 0 bridgehead atoms. The number of halogens is 2. The fourth-order valence-electron chi connectivity index (χ4n) is 1.66. The summed E-state index contributed by atoms with van der Waals surface area (Å²) < 4.78 is 6.31. The molecular formula is C14H14BrClN2O. The van der Waals surface area contributed by atoms with Crippen LogP contribution in [-0.4, -0.2) is 17.6 Å². The summed E-state index contributed by atoms with van der Waals surface area (Å²) in [6.07, 6.45) is 2.37. The first-order valence-corrected chi connectivity index (χ1v) is 7.05.